The van der Waals surface area contributed by atoms with Crippen molar-refractivity contribution in [2.45, 2.75) is 36.4 Å². The minimum atomic E-state index is -0.789. The fourth-order valence-corrected chi connectivity index (χ4v) is 3.39. The van der Waals surface area contributed by atoms with Gasteiger partial charge >= 0.3 is 0 Å². The second kappa shape index (κ2) is 6.32. The summed E-state index contributed by atoms with van der Waals surface area (Å²) in [6.45, 7) is 2.01. The molecule has 0 bridgehead atoms. The summed E-state index contributed by atoms with van der Waals surface area (Å²) in [7, 11) is -0.789. The van der Waals surface area contributed by atoms with Gasteiger partial charge in [0.2, 0.25) is 0 Å². The Morgan fingerprint density at radius 1 is 1.57 bits per heavy atom. The zero-order valence-corrected chi connectivity index (χ0v) is 10.1. The molecule has 14 heavy (non-hydrogen) atoms. The fraction of sp³-hybridized carbons (Fsp3) is 0.600. The number of hydrogen-bond acceptors (Lipinski definition) is 3. The molecule has 2 unspecified atom stereocenters. The van der Waals surface area contributed by atoms with Crippen LogP contribution in [0.4, 0.5) is 0 Å². The van der Waals surface area contributed by atoms with E-state index in [0.717, 1.165) is 29.2 Å². The van der Waals surface area contributed by atoms with E-state index in [0.29, 0.717) is 0 Å². The van der Waals surface area contributed by atoms with E-state index in [2.05, 4.69) is 0 Å². The molecule has 2 atom stereocenters. The van der Waals surface area contributed by atoms with E-state index in [1.54, 1.807) is 11.3 Å². The van der Waals surface area contributed by atoms with Gasteiger partial charge in [0.25, 0.3) is 0 Å². The Kier molecular flexibility index (Phi) is 5.37. The molecule has 0 fully saturated rings. The molecule has 0 aliphatic rings. The molecule has 0 aliphatic heterocycles. The zero-order chi connectivity index (χ0) is 10.4. The van der Waals surface area contributed by atoms with Crippen molar-refractivity contribution in [2.75, 3.05) is 5.75 Å². The molecule has 2 N–H and O–H groups in total. The van der Waals surface area contributed by atoms with Gasteiger partial charge in [0.05, 0.1) is 15.0 Å². The van der Waals surface area contributed by atoms with Crippen LogP contribution in [-0.2, 0) is 10.8 Å². The second-order valence-electron chi connectivity index (χ2n) is 3.45. The highest BCUT2D eigenvalue weighted by Gasteiger charge is 2.04. The van der Waals surface area contributed by atoms with Crippen molar-refractivity contribution in [3.63, 3.8) is 0 Å². The smallest absolute Gasteiger partial charge is 0.0910 e. The molecule has 1 aromatic rings. The summed E-state index contributed by atoms with van der Waals surface area (Å²) in [4.78, 5) is 0. The first kappa shape index (κ1) is 11.9. The maximum Gasteiger partial charge on any atom is 0.0910 e. The van der Waals surface area contributed by atoms with Crippen molar-refractivity contribution in [2.24, 2.45) is 5.73 Å². The fourth-order valence-electron chi connectivity index (χ4n) is 1.19. The molecular weight excluding hydrogens is 214 g/mol. The van der Waals surface area contributed by atoms with Crippen LogP contribution < -0.4 is 5.73 Å². The summed E-state index contributed by atoms with van der Waals surface area (Å²) in [5.41, 5.74) is 5.63. The predicted molar refractivity (Wildman–Crippen MR) is 63.1 cm³/mol. The molecule has 0 amide bonds. The lowest BCUT2D eigenvalue weighted by molar-refractivity contribution is 0.613. The molecule has 1 rings (SSSR count). The minimum Gasteiger partial charge on any atom is -0.328 e. The molecule has 0 aromatic carbocycles. The molecular formula is C10H17NOS2. The number of thiophene rings is 1. The van der Waals surface area contributed by atoms with E-state index >= 15 is 0 Å². The molecule has 0 aliphatic carbocycles. The predicted octanol–water partition coefficient (Wildman–Crippen LogP) is 2.37. The van der Waals surface area contributed by atoms with Crippen molar-refractivity contribution < 1.29 is 4.21 Å². The van der Waals surface area contributed by atoms with Crippen LogP contribution in [0.15, 0.2) is 21.7 Å². The van der Waals surface area contributed by atoms with Crippen molar-refractivity contribution in [1.82, 2.24) is 0 Å². The molecule has 1 heterocycles. The largest absolute Gasteiger partial charge is 0.328 e. The Morgan fingerprint density at radius 3 is 2.93 bits per heavy atom. The lowest BCUT2D eigenvalue weighted by Gasteiger charge is -2.03. The molecule has 0 radical (unpaired) electrons. The van der Waals surface area contributed by atoms with Gasteiger partial charge in [-0.25, -0.2) is 0 Å². The monoisotopic (exact) mass is 231 g/mol. The molecule has 0 saturated carbocycles. The molecule has 0 saturated heterocycles. The van der Waals surface area contributed by atoms with E-state index in [9.17, 15) is 4.21 Å². The van der Waals surface area contributed by atoms with Crippen LogP contribution in [0.1, 0.15) is 26.2 Å². The first-order valence-corrected chi connectivity index (χ1v) is 7.07. The van der Waals surface area contributed by atoms with Crippen LogP contribution in [0.25, 0.3) is 0 Å². The van der Waals surface area contributed by atoms with Gasteiger partial charge in [-0.1, -0.05) is 12.5 Å². The highest BCUT2D eigenvalue weighted by molar-refractivity contribution is 7.87. The van der Waals surface area contributed by atoms with E-state index in [-0.39, 0.29) is 6.04 Å². The van der Waals surface area contributed by atoms with Crippen LogP contribution in [0.2, 0.25) is 0 Å². The quantitative estimate of drug-likeness (QED) is 0.764. The average Bonchev–Trinajstić information content (AvgIpc) is 2.64. The normalized spacial score (nSPS) is 15.3. The Morgan fingerprint density at radius 2 is 2.36 bits per heavy atom. The average molecular weight is 231 g/mol. The zero-order valence-electron chi connectivity index (χ0n) is 8.44. The van der Waals surface area contributed by atoms with E-state index < -0.39 is 10.8 Å². The number of nitrogens with two attached hydrogens (primary N) is 1. The molecule has 4 heteroatoms. The van der Waals surface area contributed by atoms with Gasteiger partial charge in [0.1, 0.15) is 0 Å². The highest BCUT2D eigenvalue weighted by atomic mass is 32.2. The van der Waals surface area contributed by atoms with E-state index in [1.165, 1.54) is 0 Å². The summed E-state index contributed by atoms with van der Waals surface area (Å²) in [6.07, 6.45) is 3.11. The summed E-state index contributed by atoms with van der Waals surface area (Å²) >= 11 is 1.57. The third-order valence-electron chi connectivity index (χ3n) is 1.96. The van der Waals surface area contributed by atoms with Crippen molar-refractivity contribution in [3.8, 4) is 0 Å². The Bertz CT molecular complexity index is 270. The number of rotatable bonds is 6. The third kappa shape index (κ3) is 4.35. The topological polar surface area (TPSA) is 43.1 Å². The second-order valence-corrected chi connectivity index (χ2v) is 6.20. The summed E-state index contributed by atoms with van der Waals surface area (Å²) in [5.74, 6) is 0.771. The SMILES string of the molecule is CC(N)CCCCS(=O)c1cccs1. The third-order valence-corrected chi connectivity index (χ3v) is 4.71. The van der Waals surface area contributed by atoms with Crippen LogP contribution in [0.5, 0.6) is 0 Å². The van der Waals surface area contributed by atoms with Crippen molar-refractivity contribution >= 4 is 22.1 Å². The highest BCUT2D eigenvalue weighted by Crippen LogP contribution is 2.15. The van der Waals surface area contributed by atoms with Gasteiger partial charge in [0, 0.05) is 11.8 Å². The first-order valence-electron chi connectivity index (χ1n) is 4.87. The van der Waals surface area contributed by atoms with Crippen molar-refractivity contribution in [3.05, 3.63) is 17.5 Å². The number of hydrogen-bond donors (Lipinski definition) is 1. The summed E-state index contributed by atoms with van der Waals surface area (Å²) in [6, 6.07) is 4.15. The van der Waals surface area contributed by atoms with Crippen LogP contribution >= 0.6 is 11.3 Å². The molecule has 1 aromatic heterocycles. The van der Waals surface area contributed by atoms with Crippen LogP contribution in [0, 0.1) is 0 Å². The molecule has 2 nitrogen and oxygen atoms in total. The van der Waals surface area contributed by atoms with Gasteiger partial charge in [0.15, 0.2) is 0 Å². The van der Waals surface area contributed by atoms with Gasteiger partial charge in [-0.15, -0.1) is 11.3 Å². The van der Waals surface area contributed by atoms with Gasteiger partial charge in [-0.2, -0.15) is 0 Å². The maximum atomic E-state index is 11.6. The lowest BCUT2D eigenvalue weighted by Crippen LogP contribution is -2.14. The Hall–Kier alpha value is -0.190. The number of unbranched alkanes of at least 4 members (excludes halogenated alkanes) is 1. The Labute approximate surface area is 92.0 Å². The van der Waals surface area contributed by atoms with Gasteiger partial charge in [-0.05, 0) is 31.2 Å². The van der Waals surface area contributed by atoms with E-state index in [4.69, 9.17) is 5.73 Å². The maximum absolute atomic E-state index is 11.6. The summed E-state index contributed by atoms with van der Waals surface area (Å²) < 4.78 is 12.6. The molecule has 80 valence electrons. The molecule has 0 spiro atoms. The lowest BCUT2D eigenvalue weighted by atomic mass is 10.2. The summed E-state index contributed by atoms with van der Waals surface area (Å²) in [5, 5.41) is 1.97. The van der Waals surface area contributed by atoms with Crippen LogP contribution in [-0.4, -0.2) is 16.0 Å². The minimum absolute atomic E-state index is 0.269. The first-order chi connectivity index (χ1) is 6.70. The standard InChI is InChI=1S/C10H17NOS2/c1-9(11)5-2-3-8-14(12)10-6-4-7-13-10/h4,6-7,9H,2-3,5,8,11H2,1H3. The van der Waals surface area contributed by atoms with Crippen molar-refractivity contribution in [1.29, 1.82) is 0 Å². The van der Waals surface area contributed by atoms with Gasteiger partial charge in [-0.3, -0.25) is 4.21 Å². The van der Waals surface area contributed by atoms with Gasteiger partial charge < -0.3 is 5.73 Å². The Balaban J connectivity index is 2.16. The van der Waals surface area contributed by atoms with Crippen LogP contribution in [0.3, 0.4) is 0 Å². The van der Waals surface area contributed by atoms with E-state index in [1.807, 2.05) is 24.4 Å².